The monoisotopic (exact) mass is 180 g/mol. The number of aliphatic hydroxyl groups is 1. The smallest absolute Gasteiger partial charge is 0.0974 e. The Morgan fingerprint density at radius 1 is 1.67 bits per heavy atom. The van der Waals surface area contributed by atoms with Crippen molar-refractivity contribution in [1.29, 1.82) is 0 Å². The van der Waals surface area contributed by atoms with Gasteiger partial charge in [0.25, 0.3) is 0 Å². The van der Waals surface area contributed by atoms with Gasteiger partial charge in [0.15, 0.2) is 0 Å². The van der Waals surface area contributed by atoms with Crippen molar-refractivity contribution in [3.8, 4) is 0 Å². The van der Waals surface area contributed by atoms with Crippen molar-refractivity contribution < 1.29 is 5.11 Å². The zero-order chi connectivity index (χ0) is 8.97. The Balaban J connectivity index is 2.63. The number of thiophene rings is 1. The van der Waals surface area contributed by atoms with E-state index in [4.69, 9.17) is 0 Å². The molecule has 0 bridgehead atoms. The number of hydrogen-bond donors (Lipinski definition) is 1. The number of rotatable bonds is 3. The standard InChI is InChI=1S/C10H12OS/c1-3-4-9(11)7-10-6-5-8(2)12-10/h3-6,11H,1,7H2,2H3/b9-4-. The number of aliphatic hydroxyl groups excluding tert-OH is 1. The van der Waals surface area contributed by atoms with Crippen LogP contribution in [0.2, 0.25) is 0 Å². The summed E-state index contributed by atoms with van der Waals surface area (Å²) in [5.74, 6) is 0.367. The summed E-state index contributed by atoms with van der Waals surface area (Å²) in [5, 5.41) is 9.31. The van der Waals surface area contributed by atoms with Crippen molar-refractivity contribution >= 4 is 11.3 Å². The molecule has 0 aliphatic heterocycles. The van der Waals surface area contributed by atoms with E-state index < -0.39 is 0 Å². The molecule has 0 fully saturated rings. The molecule has 1 aromatic heterocycles. The Kier molecular flexibility index (Phi) is 3.11. The van der Waals surface area contributed by atoms with E-state index in [0.29, 0.717) is 12.2 Å². The molecule has 0 unspecified atom stereocenters. The van der Waals surface area contributed by atoms with Gasteiger partial charge in [-0.3, -0.25) is 0 Å². The Labute approximate surface area is 76.7 Å². The molecule has 1 N–H and O–H groups in total. The van der Waals surface area contributed by atoms with Gasteiger partial charge in [-0.1, -0.05) is 12.7 Å². The van der Waals surface area contributed by atoms with E-state index in [9.17, 15) is 5.11 Å². The van der Waals surface area contributed by atoms with Crippen LogP contribution in [0, 0.1) is 6.92 Å². The van der Waals surface area contributed by atoms with Crippen molar-refractivity contribution in [1.82, 2.24) is 0 Å². The van der Waals surface area contributed by atoms with E-state index in [2.05, 4.69) is 19.6 Å². The third-order valence-electron chi connectivity index (χ3n) is 1.46. The maximum atomic E-state index is 9.31. The molecule has 2 heteroatoms. The second-order valence-electron chi connectivity index (χ2n) is 2.58. The summed E-state index contributed by atoms with van der Waals surface area (Å²) in [6.45, 7) is 5.57. The summed E-state index contributed by atoms with van der Waals surface area (Å²) in [5.41, 5.74) is 0. The normalized spacial score (nSPS) is 11.6. The number of allylic oxidation sites excluding steroid dienone is 3. The van der Waals surface area contributed by atoms with Crippen molar-refractivity contribution in [2.24, 2.45) is 0 Å². The molecule has 1 rings (SSSR count). The van der Waals surface area contributed by atoms with Crippen molar-refractivity contribution in [3.63, 3.8) is 0 Å². The molecule has 1 aromatic rings. The van der Waals surface area contributed by atoms with Gasteiger partial charge in [0.05, 0.1) is 5.76 Å². The summed E-state index contributed by atoms with van der Waals surface area (Å²) in [6.07, 6.45) is 3.83. The summed E-state index contributed by atoms with van der Waals surface area (Å²) < 4.78 is 0. The van der Waals surface area contributed by atoms with Crippen LogP contribution >= 0.6 is 11.3 Å². The lowest BCUT2D eigenvalue weighted by Crippen LogP contribution is -1.84. The lowest BCUT2D eigenvalue weighted by Gasteiger charge is -1.94. The predicted molar refractivity (Wildman–Crippen MR) is 53.7 cm³/mol. The molecular formula is C10H12OS. The lowest BCUT2D eigenvalue weighted by atomic mass is 10.3. The minimum atomic E-state index is 0.367. The largest absolute Gasteiger partial charge is 0.512 e. The van der Waals surface area contributed by atoms with E-state index in [0.717, 1.165) is 0 Å². The topological polar surface area (TPSA) is 20.2 Å². The van der Waals surface area contributed by atoms with Gasteiger partial charge in [0, 0.05) is 16.2 Å². The van der Waals surface area contributed by atoms with Crippen LogP contribution < -0.4 is 0 Å². The van der Waals surface area contributed by atoms with Crippen LogP contribution in [0.25, 0.3) is 0 Å². The van der Waals surface area contributed by atoms with Gasteiger partial charge >= 0.3 is 0 Å². The highest BCUT2D eigenvalue weighted by Gasteiger charge is 1.98. The first kappa shape index (κ1) is 9.07. The van der Waals surface area contributed by atoms with Crippen LogP contribution in [-0.4, -0.2) is 5.11 Å². The van der Waals surface area contributed by atoms with E-state index >= 15 is 0 Å². The van der Waals surface area contributed by atoms with Gasteiger partial charge in [0.2, 0.25) is 0 Å². The van der Waals surface area contributed by atoms with Crippen molar-refractivity contribution in [2.75, 3.05) is 0 Å². The number of aryl methyl sites for hydroxylation is 1. The molecule has 64 valence electrons. The third-order valence-corrected chi connectivity index (χ3v) is 2.46. The first-order valence-electron chi connectivity index (χ1n) is 3.78. The Bertz CT molecular complexity index is 297. The van der Waals surface area contributed by atoms with E-state index in [1.807, 2.05) is 6.07 Å². The highest BCUT2D eigenvalue weighted by Crippen LogP contribution is 2.17. The fraction of sp³-hybridized carbons (Fsp3) is 0.200. The molecule has 0 saturated heterocycles. The SMILES string of the molecule is C=C/C=C(\O)Cc1ccc(C)s1. The molecule has 0 aliphatic carbocycles. The molecule has 0 radical (unpaired) electrons. The molecular weight excluding hydrogens is 168 g/mol. The molecule has 0 aliphatic rings. The average molecular weight is 180 g/mol. The summed E-state index contributed by atoms with van der Waals surface area (Å²) in [6, 6.07) is 4.09. The summed E-state index contributed by atoms with van der Waals surface area (Å²) >= 11 is 1.71. The quantitative estimate of drug-likeness (QED) is 0.559. The molecule has 0 aromatic carbocycles. The van der Waals surface area contributed by atoms with Gasteiger partial charge < -0.3 is 5.11 Å². The molecule has 0 spiro atoms. The second-order valence-corrected chi connectivity index (χ2v) is 3.96. The van der Waals surface area contributed by atoms with Gasteiger partial charge in [-0.15, -0.1) is 11.3 Å². The third kappa shape index (κ3) is 2.55. The average Bonchev–Trinajstić information content (AvgIpc) is 2.36. The number of hydrogen-bond acceptors (Lipinski definition) is 2. The molecule has 1 nitrogen and oxygen atoms in total. The highest BCUT2D eigenvalue weighted by atomic mass is 32.1. The van der Waals surface area contributed by atoms with Crippen molar-refractivity contribution in [3.05, 3.63) is 46.4 Å². The molecule has 0 atom stereocenters. The highest BCUT2D eigenvalue weighted by molar-refractivity contribution is 7.11. The molecule has 0 amide bonds. The zero-order valence-electron chi connectivity index (χ0n) is 7.08. The maximum Gasteiger partial charge on any atom is 0.0974 e. The van der Waals surface area contributed by atoms with E-state index in [-0.39, 0.29) is 0 Å². The minimum absolute atomic E-state index is 0.367. The minimum Gasteiger partial charge on any atom is -0.512 e. The summed E-state index contributed by atoms with van der Waals surface area (Å²) in [4.78, 5) is 2.46. The lowest BCUT2D eigenvalue weighted by molar-refractivity contribution is 0.400. The summed E-state index contributed by atoms with van der Waals surface area (Å²) in [7, 11) is 0. The van der Waals surface area contributed by atoms with Crippen LogP contribution in [0.5, 0.6) is 0 Å². The first-order valence-corrected chi connectivity index (χ1v) is 4.60. The van der Waals surface area contributed by atoms with Crippen LogP contribution in [-0.2, 0) is 6.42 Å². The predicted octanol–water partition coefficient (Wildman–Crippen LogP) is 3.23. The van der Waals surface area contributed by atoms with Gasteiger partial charge in [-0.05, 0) is 25.1 Å². The molecule has 1 heterocycles. The van der Waals surface area contributed by atoms with Crippen LogP contribution in [0.3, 0.4) is 0 Å². The fourth-order valence-electron chi connectivity index (χ4n) is 0.954. The maximum absolute atomic E-state index is 9.31. The second kappa shape index (κ2) is 4.12. The van der Waals surface area contributed by atoms with Crippen LogP contribution in [0.1, 0.15) is 9.75 Å². The molecule has 12 heavy (non-hydrogen) atoms. The Hall–Kier alpha value is -1.02. The fourth-order valence-corrected chi connectivity index (χ4v) is 1.86. The Morgan fingerprint density at radius 3 is 2.92 bits per heavy atom. The van der Waals surface area contributed by atoms with Gasteiger partial charge in [-0.2, -0.15) is 0 Å². The van der Waals surface area contributed by atoms with Crippen LogP contribution in [0.4, 0.5) is 0 Å². The van der Waals surface area contributed by atoms with Gasteiger partial charge in [0.1, 0.15) is 0 Å². The van der Waals surface area contributed by atoms with E-state index in [1.54, 1.807) is 23.5 Å². The zero-order valence-corrected chi connectivity index (χ0v) is 7.90. The Morgan fingerprint density at radius 2 is 2.42 bits per heavy atom. The molecule has 0 saturated carbocycles. The van der Waals surface area contributed by atoms with E-state index in [1.165, 1.54) is 9.75 Å². The van der Waals surface area contributed by atoms with Gasteiger partial charge in [-0.25, -0.2) is 0 Å². The van der Waals surface area contributed by atoms with Crippen LogP contribution in [0.15, 0.2) is 36.6 Å². The first-order chi connectivity index (χ1) is 5.72. The van der Waals surface area contributed by atoms with Crippen molar-refractivity contribution in [2.45, 2.75) is 13.3 Å².